The van der Waals surface area contributed by atoms with Crippen LogP contribution in [0.3, 0.4) is 0 Å². The van der Waals surface area contributed by atoms with Gasteiger partial charge >= 0.3 is 0 Å². The number of carbonyl (C=O) groups is 1. The van der Waals surface area contributed by atoms with Gasteiger partial charge in [0.25, 0.3) is 0 Å². The summed E-state index contributed by atoms with van der Waals surface area (Å²) in [6, 6.07) is 0.265. The van der Waals surface area contributed by atoms with Gasteiger partial charge in [-0.05, 0) is 44.1 Å². The van der Waals surface area contributed by atoms with Crippen LogP contribution in [0, 0.1) is 11.8 Å². The van der Waals surface area contributed by atoms with Gasteiger partial charge in [0.1, 0.15) is 0 Å². The van der Waals surface area contributed by atoms with Crippen LogP contribution in [0.1, 0.15) is 51.4 Å². The van der Waals surface area contributed by atoms with E-state index in [1.807, 2.05) is 4.90 Å². The summed E-state index contributed by atoms with van der Waals surface area (Å²) in [5.74, 6) is 2.14. The first kappa shape index (κ1) is 15.3. The van der Waals surface area contributed by atoms with E-state index in [-0.39, 0.29) is 6.04 Å². The highest BCUT2D eigenvalue weighted by molar-refractivity contribution is 5.77. The fourth-order valence-corrected chi connectivity index (χ4v) is 4.62. The van der Waals surface area contributed by atoms with Crippen molar-refractivity contribution < 1.29 is 4.79 Å². The maximum Gasteiger partial charge on any atom is 0.224 e. The van der Waals surface area contributed by atoms with E-state index < -0.39 is 0 Å². The van der Waals surface area contributed by atoms with Gasteiger partial charge in [0.05, 0.1) is 0 Å². The Labute approximate surface area is 129 Å². The highest BCUT2D eigenvalue weighted by atomic mass is 16.2. The van der Waals surface area contributed by atoms with Crippen LogP contribution in [-0.4, -0.2) is 54.5 Å². The largest absolute Gasteiger partial charge is 0.343 e. The molecule has 1 aliphatic carbocycles. The lowest BCUT2D eigenvalue weighted by Gasteiger charge is -2.44. The fourth-order valence-electron chi connectivity index (χ4n) is 4.62. The van der Waals surface area contributed by atoms with Gasteiger partial charge in [-0.1, -0.05) is 19.3 Å². The van der Waals surface area contributed by atoms with Crippen molar-refractivity contribution in [3.8, 4) is 0 Å². The monoisotopic (exact) mass is 293 g/mol. The van der Waals surface area contributed by atoms with Gasteiger partial charge in [-0.2, -0.15) is 0 Å². The predicted octanol–water partition coefficient (Wildman–Crippen LogP) is 1.84. The van der Waals surface area contributed by atoms with E-state index in [4.69, 9.17) is 5.73 Å². The molecule has 2 N–H and O–H groups in total. The number of likely N-dealkylation sites (tertiary alicyclic amines) is 2. The molecule has 3 unspecified atom stereocenters. The molecule has 4 heteroatoms. The number of fused-ring (bicyclic) bond motifs is 1. The minimum atomic E-state index is 0.265. The van der Waals surface area contributed by atoms with Gasteiger partial charge in [0.2, 0.25) is 5.91 Å². The second-order valence-electron chi connectivity index (χ2n) is 7.27. The third kappa shape index (κ3) is 3.59. The molecule has 3 atom stereocenters. The van der Waals surface area contributed by atoms with E-state index in [1.54, 1.807) is 0 Å². The Morgan fingerprint density at radius 1 is 1.00 bits per heavy atom. The van der Waals surface area contributed by atoms with E-state index in [9.17, 15) is 4.79 Å². The molecular weight excluding hydrogens is 262 g/mol. The van der Waals surface area contributed by atoms with Crippen LogP contribution in [0.25, 0.3) is 0 Å². The van der Waals surface area contributed by atoms with E-state index >= 15 is 0 Å². The molecule has 0 spiro atoms. The Bertz CT molecular complexity index is 354. The van der Waals surface area contributed by atoms with Crippen molar-refractivity contribution in [1.29, 1.82) is 0 Å². The average molecular weight is 293 g/mol. The summed E-state index contributed by atoms with van der Waals surface area (Å²) < 4.78 is 0. The zero-order chi connectivity index (χ0) is 14.7. The first-order valence-electron chi connectivity index (χ1n) is 9.00. The quantitative estimate of drug-likeness (QED) is 0.860. The zero-order valence-electron chi connectivity index (χ0n) is 13.3. The van der Waals surface area contributed by atoms with Crippen molar-refractivity contribution in [3.05, 3.63) is 0 Å². The molecule has 0 aromatic carbocycles. The molecule has 1 saturated carbocycles. The molecule has 3 aliphatic rings. The number of piperidine rings is 1. The van der Waals surface area contributed by atoms with Crippen LogP contribution >= 0.6 is 0 Å². The topological polar surface area (TPSA) is 49.6 Å². The molecule has 120 valence electrons. The maximum atomic E-state index is 12.4. The Morgan fingerprint density at radius 2 is 1.71 bits per heavy atom. The maximum absolute atomic E-state index is 12.4. The molecule has 0 bridgehead atoms. The standard InChI is InChI=1S/C17H31N3O/c18-12-16(11-17(21)19-8-3-4-9-19)20-10-7-14-5-1-2-6-15(14)13-20/h14-16H,1-13,18H2. The van der Waals surface area contributed by atoms with Crippen molar-refractivity contribution in [1.82, 2.24) is 9.80 Å². The molecule has 3 rings (SSSR count). The van der Waals surface area contributed by atoms with Crippen LogP contribution in [0.15, 0.2) is 0 Å². The number of carbonyl (C=O) groups excluding carboxylic acids is 1. The van der Waals surface area contributed by atoms with Crippen molar-refractivity contribution >= 4 is 5.91 Å². The van der Waals surface area contributed by atoms with E-state index in [0.29, 0.717) is 18.9 Å². The fraction of sp³-hybridized carbons (Fsp3) is 0.941. The molecule has 4 nitrogen and oxygen atoms in total. The summed E-state index contributed by atoms with van der Waals surface area (Å²) in [5, 5.41) is 0. The smallest absolute Gasteiger partial charge is 0.224 e. The molecule has 21 heavy (non-hydrogen) atoms. The Kier molecular flexibility index (Phi) is 5.17. The zero-order valence-corrected chi connectivity index (χ0v) is 13.3. The number of nitrogens with zero attached hydrogens (tertiary/aromatic N) is 2. The lowest BCUT2D eigenvalue weighted by molar-refractivity contribution is -0.131. The second-order valence-corrected chi connectivity index (χ2v) is 7.27. The lowest BCUT2D eigenvalue weighted by atomic mass is 9.75. The van der Waals surface area contributed by atoms with E-state index in [1.165, 1.54) is 51.5 Å². The SMILES string of the molecule is NCC(CC(=O)N1CCCC1)N1CCC2CCCCC2C1. The van der Waals surface area contributed by atoms with Crippen molar-refractivity contribution in [2.75, 3.05) is 32.7 Å². The van der Waals surface area contributed by atoms with Crippen LogP contribution in [0.2, 0.25) is 0 Å². The second kappa shape index (κ2) is 7.10. The highest BCUT2D eigenvalue weighted by Crippen LogP contribution is 2.36. The van der Waals surface area contributed by atoms with Crippen LogP contribution in [0.4, 0.5) is 0 Å². The number of amides is 1. The molecule has 0 radical (unpaired) electrons. The van der Waals surface area contributed by atoms with Crippen molar-refractivity contribution in [3.63, 3.8) is 0 Å². The van der Waals surface area contributed by atoms with Crippen molar-refractivity contribution in [2.45, 2.75) is 57.4 Å². The van der Waals surface area contributed by atoms with Gasteiger partial charge in [0, 0.05) is 38.6 Å². The minimum Gasteiger partial charge on any atom is -0.343 e. The number of rotatable bonds is 4. The van der Waals surface area contributed by atoms with Gasteiger partial charge in [-0.25, -0.2) is 0 Å². The first-order valence-corrected chi connectivity index (χ1v) is 9.00. The van der Waals surface area contributed by atoms with Crippen LogP contribution in [-0.2, 0) is 4.79 Å². The number of nitrogens with two attached hydrogens (primary N) is 1. The molecule has 2 heterocycles. The normalized spacial score (nSPS) is 32.0. The molecule has 1 amide bonds. The van der Waals surface area contributed by atoms with Gasteiger partial charge < -0.3 is 10.6 Å². The molecule has 3 fully saturated rings. The Morgan fingerprint density at radius 3 is 2.43 bits per heavy atom. The number of hydrogen-bond donors (Lipinski definition) is 1. The van der Waals surface area contributed by atoms with Crippen LogP contribution in [0.5, 0.6) is 0 Å². The summed E-state index contributed by atoms with van der Waals surface area (Å²) in [6.07, 6.45) is 9.94. The summed E-state index contributed by atoms with van der Waals surface area (Å²) in [5.41, 5.74) is 6.01. The molecule has 2 aliphatic heterocycles. The van der Waals surface area contributed by atoms with Gasteiger partial charge in [-0.3, -0.25) is 9.69 Å². The third-order valence-corrected chi connectivity index (χ3v) is 5.98. The molecular formula is C17H31N3O. The van der Waals surface area contributed by atoms with E-state index in [0.717, 1.165) is 31.5 Å². The van der Waals surface area contributed by atoms with Crippen molar-refractivity contribution in [2.24, 2.45) is 17.6 Å². The molecule has 0 aromatic heterocycles. The number of hydrogen-bond acceptors (Lipinski definition) is 3. The minimum absolute atomic E-state index is 0.265. The first-order chi connectivity index (χ1) is 10.3. The van der Waals surface area contributed by atoms with Crippen LogP contribution < -0.4 is 5.73 Å². The van der Waals surface area contributed by atoms with E-state index in [2.05, 4.69) is 4.90 Å². The summed E-state index contributed by atoms with van der Waals surface area (Å²) in [4.78, 5) is 16.9. The lowest BCUT2D eigenvalue weighted by Crippen LogP contribution is -2.51. The third-order valence-electron chi connectivity index (χ3n) is 5.98. The summed E-state index contributed by atoms with van der Waals surface area (Å²) in [7, 11) is 0. The summed E-state index contributed by atoms with van der Waals surface area (Å²) >= 11 is 0. The Balaban J connectivity index is 1.54. The average Bonchev–Trinajstić information content (AvgIpc) is 3.06. The van der Waals surface area contributed by atoms with Gasteiger partial charge in [0.15, 0.2) is 0 Å². The summed E-state index contributed by atoms with van der Waals surface area (Å²) in [6.45, 7) is 4.87. The molecule has 2 saturated heterocycles. The van der Waals surface area contributed by atoms with Gasteiger partial charge in [-0.15, -0.1) is 0 Å². The predicted molar refractivity (Wildman–Crippen MR) is 84.9 cm³/mol. The highest BCUT2D eigenvalue weighted by Gasteiger charge is 2.34. The molecule has 0 aromatic rings. The Hall–Kier alpha value is -0.610.